The lowest BCUT2D eigenvalue weighted by Gasteiger charge is -2.28. The predicted octanol–water partition coefficient (Wildman–Crippen LogP) is 2.80. The fourth-order valence-corrected chi connectivity index (χ4v) is 3.52. The van der Waals surface area contributed by atoms with Crippen molar-refractivity contribution in [2.45, 2.75) is 38.9 Å². The van der Waals surface area contributed by atoms with E-state index in [1.807, 2.05) is 44.2 Å². The first kappa shape index (κ1) is 21.9. The van der Waals surface area contributed by atoms with E-state index in [9.17, 15) is 24.5 Å². The number of hydrogen-bond acceptors (Lipinski definition) is 5. The molecule has 1 aliphatic heterocycles. The molecule has 0 spiro atoms. The fraction of sp³-hybridized carbons (Fsp3) is 0.318. The molecule has 9 heteroatoms. The Morgan fingerprint density at radius 1 is 1.13 bits per heavy atom. The lowest BCUT2D eigenvalue weighted by Crippen LogP contribution is -2.46. The highest BCUT2D eigenvalue weighted by Gasteiger charge is 2.49. The van der Waals surface area contributed by atoms with Crippen molar-refractivity contribution in [2.75, 3.05) is 6.54 Å². The molecule has 1 aliphatic rings. The van der Waals surface area contributed by atoms with Crippen LogP contribution in [0.25, 0.3) is 0 Å². The topological polar surface area (TPSA) is 113 Å². The van der Waals surface area contributed by atoms with Gasteiger partial charge >= 0.3 is 6.03 Å². The normalized spacial score (nSPS) is 18.3. The first-order valence-corrected chi connectivity index (χ1v) is 9.86. The van der Waals surface area contributed by atoms with Crippen molar-refractivity contribution in [1.29, 1.82) is 0 Å². The van der Waals surface area contributed by atoms with Gasteiger partial charge in [-0.25, -0.2) is 4.79 Å². The van der Waals surface area contributed by atoms with Crippen LogP contribution in [0.15, 0.2) is 54.6 Å². The van der Waals surface area contributed by atoms with Crippen molar-refractivity contribution in [3.8, 4) is 0 Å². The molecule has 1 atom stereocenters. The maximum atomic E-state index is 13.1. The Hall–Kier alpha value is -3.75. The van der Waals surface area contributed by atoms with E-state index in [1.165, 1.54) is 31.2 Å². The van der Waals surface area contributed by atoms with E-state index < -0.39 is 28.9 Å². The van der Waals surface area contributed by atoms with Gasteiger partial charge in [-0.2, -0.15) is 0 Å². The summed E-state index contributed by atoms with van der Waals surface area (Å²) in [7, 11) is 0. The molecule has 0 radical (unpaired) electrons. The van der Waals surface area contributed by atoms with Crippen LogP contribution in [0.4, 0.5) is 10.5 Å². The van der Waals surface area contributed by atoms with Crippen LogP contribution in [-0.2, 0) is 21.7 Å². The van der Waals surface area contributed by atoms with Crippen LogP contribution in [0.1, 0.15) is 31.9 Å². The van der Waals surface area contributed by atoms with Crippen molar-refractivity contribution in [1.82, 2.24) is 15.1 Å². The molecule has 0 aliphatic carbocycles. The van der Waals surface area contributed by atoms with Crippen molar-refractivity contribution < 1.29 is 19.3 Å². The Morgan fingerprint density at radius 2 is 1.74 bits per heavy atom. The van der Waals surface area contributed by atoms with E-state index in [4.69, 9.17) is 0 Å². The van der Waals surface area contributed by atoms with Gasteiger partial charge in [0, 0.05) is 24.7 Å². The number of carbonyl (C=O) groups excluding carboxylic acids is 3. The number of amides is 4. The zero-order valence-electron chi connectivity index (χ0n) is 17.6. The second kappa shape index (κ2) is 8.55. The van der Waals surface area contributed by atoms with Gasteiger partial charge in [0.15, 0.2) is 0 Å². The highest BCUT2D eigenvalue weighted by atomic mass is 16.6. The van der Waals surface area contributed by atoms with Gasteiger partial charge in [0.05, 0.1) is 4.92 Å². The minimum atomic E-state index is -1.41. The number of rotatable bonds is 7. The molecule has 0 bridgehead atoms. The van der Waals surface area contributed by atoms with E-state index >= 15 is 0 Å². The highest BCUT2D eigenvalue weighted by Crippen LogP contribution is 2.30. The van der Waals surface area contributed by atoms with Gasteiger partial charge in [-0.1, -0.05) is 30.3 Å². The molecular formula is C22H24N4O5. The molecule has 1 fully saturated rings. The van der Waals surface area contributed by atoms with E-state index in [0.717, 1.165) is 10.5 Å². The summed E-state index contributed by atoms with van der Waals surface area (Å²) in [6.45, 7) is 5.23. The molecule has 0 unspecified atom stereocenters. The molecule has 4 amide bonds. The monoisotopic (exact) mass is 424 g/mol. The molecule has 0 aromatic heterocycles. The Kier molecular flexibility index (Phi) is 6.05. The second-order valence-electron chi connectivity index (χ2n) is 7.85. The minimum Gasteiger partial charge on any atom is -0.334 e. The number of carbonyl (C=O) groups is 3. The molecular weight excluding hydrogens is 400 g/mol. The van der Waals surface area contributed by atoms with Crippen LogP contribution in [-0.4, -0.2) is 45.2 Å². The molecule has 1 saturated heterocycles. The summed E-state index contributed by atoms with van der Waals surface area (Å²) < 4.78 is 0. The van der Waals surface area contributed by atoms with Crippen molar-refractivity contribution in [3.63, 3.8) is 0 Å². The van der Waals surface area contributed by atoms with Gasteiger partial charge in [0.25, 0.3) is 11.6 Å². The first-order valence-electron chi connectivity index (χ1n) is 9.86. The van der Waals surface area contributed by atoms with Crippen molar-refractivity contribution in [3.05, 3.63) is 75.8 Å². The number of nitro groups is 1. The van der Waals surface area contributed by atoms with Gasteiger partial charge in [0.1, 0.15) is 12.1 Å². The number of imide groups is 1. The molecule has 31 heavy (non-hydrogen) atoms. The van der Waals surface area contributed by atoms with E-state index in [0.29, 0.717) is 12.1 Å². The number of nitrogens with zero attached hydrogens (tertiary/aromatic N) is 3. The average Bonchev–Trinajstić information content (AvgIpc) is 2.96. The van der Waals surface area contributed by atoms with Crippen LogP contribution in [0.3, 0.4) is 0 Å². The van der Waals surface area contributed by atoms with E-state index in [1.54, 1.807) is 4.90 Å². The molecule has 0 saturated carbocycles. The number of nitro benzene ring substituents is 1. The number of nitrogens with one attached hydrogen (secondary N) is 1. The second-order valence-corrected chi connectivity index (χ2v) is 7.85. The Balaban J connectivity index is 1.78. The van der Waals surface area contributed by atoms with Gasteiger partial charge < -0.3 is 10.2 Å². The molecule has 162 valence electrons. The SMILES string of the molecule is CC(C)N(Cc1ccccc1)C(=O)CN1C(=O)N[C@@](C)(c2ccc([N+](=O)[O-])cc2)C1=O. The minimum absolute atomic E-state index is 0.121. The number of benzene rings is 2. The van der Waals surface area contributed by atoms with E-state index in [2.05, 4.69) is 5.32 Å². The quantitative estimate of drug-likeness (QED) is 0.417. The predicted molar refractivity (Wildman–Crippen MR) is 113 cm³/mol. The summed E-state index contributed by atoms with van der Waals surface area (Å²) in [4.78, 5) is 51.4. The average molecular weight is 424 g/mol. The molecule has 1 heterocycles. The summed E-state index contributed by atoms with van der Waals surface area (Å²) in [5.41, 5.74) is -0.187. The van der Waals surface area contributed by atoms with Crippen molar-refractivity contribution in [2.24, 2.45) is 0 Å². The van der Waals surface area contributed by atoms with Crippen LogP contribution in [0.2, 0.25) is 0 Å². The van der Waals surface area contributed by atoms with Gasteiger partial charge in [-0.3, -0.25) is 24.6 Å². The van der Waals surface area contributed by atoms with E-state index in [-0.39, 0.29) is 17.6 Å². The zero-order valence-corrected chi connectivity index (χ0v) is 17.6. The molecule has 3 rings (SSSR count). The van der Waals surface area contributed by atoms with Crippen molar-refractivity contribution >= 4 is 23.5 Å². The Morgan fingerprint density at radius 3 is 2.29 bits per heavy atom. The lowest BCUT2D eigenvalue weighted by molar-refractivity contribution is -0.384. The Labute approximate surface area is 179 Å². The third-order valence-corrected chi connectivity index (χ3v) is 5.36. The lowest BCUT2D eigenvalue weighted by atomic mass is 9.92. The van der Waals surface area contributed by atoms with Crippen LogP contribution in [0, 0.1) is 10.1 Å². The number of non-ortho nitro benzene ring substituents is 1. The van der Waals surface area contributed by atoms with Crippen LogP contribution < -0.4 is 5.32 Å². The third kappa shape index (κ3) is 4.40. The molecule has 2 aromatic carbocycles. The largest absolute Gasteiger partial charge is 0.334 e. The summed E-state index contributed by atoms with van der Waals surface area (Å²) in [5, 5.41) is 13.5. The Bertz CT molecular complexity index is 1010. The number of urea groups is 1. The summed E-state index contributed by atoms with van der Waals surface area (Å²) in [6.07, 6.45) is 0. The van der Waals surface area contributed by atoms with Gasteiger partial charge in [-0.05, 0) is 44.0 Å². The summed E-state index contributed by atoms with van der Waals surface area (Å²) in [6, 6.07) is 14.0. The molecule has 2 aromatic rings. The smallest absolute Gasteiger partial charge is 0.325 e. The van der Waals surface area contributed by atoms with Crippen LogP contribution in [0.5, 0.6) is 0 Å². The highest BCUT2D eigenvalue weighted by molar-refractivity contribution is 6.09. The van der Waals surface area contributed by atoms with Crippen LogP contribution >= 0.6 is 0 Å². The zero-order chi connectivity index (χ0) is 22.8. The number of hydrogen-bond donors (Lipinski definition) is 1. The molecule has 1 N–H and O–H groups in total. The summed E-state index contributed by atoms with van der Waals surface area (Å²) >= 11 is 0. The maximum Gasteiger partial charge on any atom is 0.325 e. The fourth-order valence-electron chi connectivity index (χ4n) is 3.52. The third-order valence-electron chi connectivity index (χ3n) is 5.36. The van der Waals surface area contributed by atoms with Gasteiger partial charge in [0.2, 0.25) is 5.91 Å². The maximum absolute atomic E-state index is 13.1. The summed E-state index contributed by atoms with van der Waals surface area (Å²) in [5.74, 6) is -0.932. The van der Waals surface area contributed by atoms with Gasteiger partial charge in [-0.15, -0.1) is 0 Å². The molecule has 9 nitrogen and oxygen atoms in total. The first-order chi connectivity index (χ1) is 14.6. The standard InChI is InChI=1S/C22H24N4O5/c1-15(2)24(13-16-7-5-4-6-8-16)19(27)14-25-20(28)22(3,23-21(25)29)17-9-11-18(12-10-17)26(30)31/h4-12,15H,13-14H2,1-3H3,(H,23,29)/t22-/m0/s1.